The standard InChI is InChI=1S/C20H27ClN6O5S/c1-27-7-13(5-23-27)24-20-22-6-15(21)19(26-20)25-16-9-32-17-12(8-31-18(16)17)10-33(28,29)11-14-3-2-4-30-14/h5-7,12,14,16-18H,2-4,8-11H2,1H3,(H2,22,24,25,26). The van der Waals surface area contributed by atoms with Gasteiger partial charge >= 0.3 is 0 Å². The summed E-state index contributed by atoms with van der Waals surface area (Å²) >= 11 is 6.32. The number of nitrogens with zero attached hydrogens (tertiary/aromatic N) is 4. The number of nitrogens with one attached hydrogen (secondary N) is 2. The van der Waals surface area contributed by atoms with Crippen molar-refractivity contribution >= 4 is 38.9 Å². The smallest absolute Gasteiger partial charge is 0.229 e. The Bertz CT molecular complexity index is 1090. The Morgan fingerprint density at radius 1 is 1.18 bits per heavy atom. The molecule has 2 N–H and O–H groups in total. The van der Waals surface area contributed by atoms with Gasteiger partial charge in [-0.1, -0.05) is 11.6 Å². The lowest BCUT2D eigenvalue weighted by Crippen LogP contribution is -2.37. The molecule has 180 valence electrons. The first-order valence-corrected chi connectivity index (χ1v) is 13.2. The van der Waals surface area contributed by atoms with Gasteiger partial charge in [-0.2, -0.15) is 10.1 Å². The van der Waals surface area contributed by atoms with Crippen molar-refractivity contribution < 1.29 is 22.6 Å². The van der Waals surface area contributed by atoms with Crippen LogP contribution in [0, 0.1) is 5.92 Å². The molecule has 0 radical (unpaired) electrons. The zero-order valence-corrected chi connectivity index (χ0v) is 19.8. The lowest BCUT2D eigenvalue weighted by molar-refractivity contribution is 0.0655. The molecular weight excluding hydrogens is 472 g/mol. The third kappa shape index (κ3) is 5.24. The van der Waals surface area contributed by atoms with E-state index in [2.05, 4.69) is 25.7 Å². The number of aromatic nitrogens is 4. The average Bonchev–Trinajstić information content (AvgIpc) is 3.54. The highest BCUT2D eigenvalue weighted by Gasteiger charge is 2.49. The molecule has 5 atom stereocenters. The van der Waals surface area contributed by atoms with Crippen LogP contribution in [-0.2, 0) is 31.1 Å². The van der Waals surface area contributed by atoms with Crippen molar-refractivity contribution in [3.63, 3.8) is 0 Å². The molecule has 3 saturated heterocycles. The van der Waals surface area contributed by atoms with Crippen molar-refractivity contribution in [2.24, 2.45) is 13.0 Å². The molecule has 3 aliphatic heterocycles. The third-order valence-corrected chi connectivity index (χ3v) is 8.21. The minimum absolute atomic E-state index is 0.0359. The fourth-order valence-electron chi connectivity index (χ4n) is 4.62. The van der Waals surface area contributed by atoms with Gasteiger partial charge in [0.1, 0.15) is 11.1 Å². The van der Waals surface area contributed by atoms with Crippen LogP contribution in [0.3, 0.4) is 0 Å². The number of sulfone groups is 1. The van der Waals surface area contributed by atoms with Gasteiger partial charge in [-0.25, -0.2) is 13.4 Å². The summed E-state index contributed by atoms with van der Waals surface area (Å²) in [6.45, 7) is 1.34. The molecule has 5 unspecified atom stereocenters. The van der Waals surface area contributed by atoms with Crippen LogP contribution in [0.5, 0.6) is 0 Å². The van der Waals surface area contributed by atoms with E-state index in [1.807, 2.05) is 7.05 Å². The molecule has 0 amide bonds. The molecule has 33 heavy (non-hydrogen) atoms. The summed E-state index contributed by atoms with van der Waals surface area (Å²) in [6.07, 6.45) is 5.93. The van der Waals surface area contributed by atoms with Crippen molar-refractivity contribution in [2.45, 2.75) is 37.2 Å². The first kappa shape index (κ1) is 22.8. The molecule has 5 heterocycles. The van der Waals surface area contributed by atoms with E-state index in [9.17, 15) is 8.42 Å². The van der Waals surface area contributed by atoms with Gasteiger partial charge in [-0.05, 0) is 12.8 Å². The lowest BCUT2D eigenvalue weighted by atomic mass is 10.0. The molecule has 3 fully saturated rings. The Labute approximate surface area is 197 Å². The number of halogens is 1. The van der Waals surface area contributed by atoms with Crippen molar-refractivity contribution in [3.05, 3.63) is 23.6 Å². The largest absolute Gasteiger partial charge is 0.377 e. The molecule has 5 rings (SSSR count). The molecule has 0 spiro atoms. The van der Waals surface area contributed by atoms with Crippen LogP contribution in [0.15, 0.2) is 18.6 Å². The average molecular weight is 499 g/mol. The molecule has 0 saturated carbocycles. The number of hydrogen-bond donors (Lipinski definition) is 2. The second-order valence-corrected chi connectivity index (χ2v) is 11.3. The first-order valence-electron chi connectivity index (χ1n) is 11.0. The van der Waals surface area contributed by atoms with Gasteiger partial charge < -0.3 is 24.8 Å². The Kier molecular flexibility index (Phi) is 6.45. The molecule has 2 aromatic heterocycles. The Morgan fingerprint density at radius 3 is 2.79 bits per heavy atom. The second kappa shape index (κ2) is 9.34. The minimum Gasteiger partial charge on any atom is -0.377 e. The van der Waals surface area contributed by atoms with Crippen molar-refractivity contribution in [1.82, 2.24) is 19.7 Å². The lowest BCUT2D eigenvalue weighted by Gasteiger charge is -2.19. The number of hydrogen-bond acceptors (Lipinski definition) is 10. The summed E-state index contributed by atoms with van der Waals surface area (Å²) in [5, 5.41) is 10.8. The zero-order valence-electron chi connectivity index (χ0n) is 18.2. The normalized spacial score (nSPS) is 29.3. The van der Waals surface area contributed by atoms with Crippen LogP contribution >= 0.6 is 11.6 Å². The molecule has 11 nitrogen and oxygen atoms in total. The first-order chi connectivity index (χ1) is 15.9. The minimum atomic E-state index is -3.27. The molecular formula is C20H27ClN6O5S. The topological polar surface area (TPSA) is 129 Å². The Morgan fingerprint density at radius 2 is 2.03 bits per heavy atom. The molecule has 0 aromatic carbocycles. The van der Waals surface area contributed by atoms with Crippen LogP contribution in [-0.4, -0.2) is 83.8 Å². The maximum atomic E-state index is 12.7. The second-order valence-electron chi connectivity index (χ2n) is 8.74. The van der Waals surface area contributed by atoms with Gasteiger partial charge in [-0.15, -0.1) is 0 Å². The highest BCUT2D eigenvalue weighted by molar-refractivity contribution is 7.91. The molecule has 13 heteroatoms. The van der Waals surface area contributed by atoms with Crippen LogP contribution in [0.4, 0.5) is 17.5 Å². The highest BCUT2D eigenvalue weighted by Crippen LogP contribution is 2.34. The molecule has 2 aromatic rings. The molecule has 0 aliphatic carbocycles. The monoisotopic (exact) mass is 498 g/mol. The number of aryl methyl sites for hydroxylation is 1. The van der Waals surface area contributed by atoms with E-state index in [4.69, 9.17) is 25.8 Å². The van der Waals surface area contributed by atoms with Crippen LogP contribution in [0.1, 0.15) is 12.8 Å². The van der Waals surface area contributed by atoms with E-state index in [1.54, 1.807) is 17.1 Å². The number of fused-ring (bicyclic) bond motifs is 1. The van der Waals surface area contributed by atoms with Gasteiger partial charge in [0.25, 0.3) is 0 Å². The predicted molar refractivity (Wildman–Crippen MR) is 122 cm³/mol. The molecule has 0 bridgehead atoms. The quantitative estimate of drug-likeness (QED) is 0.550. The van der Waals surface area contributed by atoms with E-state index in [-0.39, 0.29) is 41.8 Å². The van der Waals surface area contributed by atoms with Gasteiger partial charge in [0, 0.05) is 25.8 Å². The van der Waals surface area contributed by atoms with E-state index in [1.165, 1.54) is 6.20 Å². The summed E-state index contributed by atoms with van der Waals surface area (Å²) in [7, 11) is -1.45. The fraction of sp³-hybridized carbons (Fsp3) is 0.650. The van der Waals surface area contributed by atoms with Gasteiger partial charge in [0.05, 0.1) is 61.1 Å². The number of anilines is 3. The molecule has 3 aliphatic rings. The number of rotatable bonds is 8. The van der Waals surface area contributed by atoms with Crippen LogP contribution in [0.25, 0.3) is 0 Å². The summed E-state index contributed by atoms with van der Waals surface area (Å²) in [4.78, 5) is 8.68. The maximum Gasteiger partial charge on any atom is 0.229 e. The van der Waals surface area contributed by atoms with Crippen molar-refractivity contribution in [2.75, 3.05) is 42.0 Å². The summed E-state index contributed by atoms with van der Waals surface area (Å²) in [5.74, 6) is 0.707. The van der Waals surface area contributed by atoms with E-state index in [0.29, 0.717) is 36.6 Å². The van der Waals surface area contributed by atoms with Crippen molar-refractivity contribution in [3.8, 4) is 0 Å². The van der Waals surface area contributed by atoms with Crippen molar-refractivity contribution in [1.29, 1.82) is 0 Å². The predicted octanol–water partition coefficient (Wildman–Crippen LogP) is 1.40. The summed E-state index contributed by atoms with van der Waals surface area (Å²) in [5.41, 5.74) is 0.751. The van der Waals surface area contributed by atoms with Gasteiger partial charge in [0.2, 0.25) is 5.95 Å². The Balaban J connectivity index is 1.21. The van der Waals surface area contributed by atoms with Crippen LogP contribution < -0.4 is 10.6 Å². The van der Waals surface area contributed by atoms with Gasteiger partial charge in [0.15, 0.2) is 15.7 Å². The maximum absolute atomic E-state index is 12.7. The summed E-state index contributed by atoms with van der Waals surface area (Å²) in [6, 6.07) is -0.209. The van der Waals surface area contributed by atoms with Gasteiger partial charge in [-0.3, -0.25) is 4.68 Å². The Hall–Kier alpha value is -1.99. The summed E-state index contributed by atoms with van der Waals surface area (Å²) < 4.78 is 44.5. The highest BCUT2D eigenvalue weighted by atomic mass is 35.5. The van der Waals surface area contributed by atoms with E-state index < -0.39 is 9.84 Å². The third-order valence-electron chi connectivity index (χ3n) is 6.12. The number of ether oxygens (including phenoxy) is 3. The van der Waals surface area contributed by atoms with E-state index >= 15 is 0 Å². The fourth-order valence-corrected chi connectivity index (χ4v) is 6.67. The SMILES string of the molecule is Cn1cc(Nc2ncc(Cl)c(NC3COC4C(CS(=O)(=O)CC5CCCO5)COC34)n2)cn1. The van der Waals surface area contributed by atoms with Crippen LogP contribution in [0.2, 0.25) is 5.02 Å². The van der Waals surface area contributed by atoms with E-state index in [0.717, 1.165) is 18.5 Å². The zero-order chi connectivity index (χ0) is 23.0.